The number of benzene rings is 1. The van der Waals surface area contributed by atoms with E-state index in [0.717, 1.165) is 24.1 Å². The molecule has 1 saturated carbocycles. The van der Waals surface area contributed by atoms with Crippen molar-refractivity contribution in [2.45, 2.75) is 45.1 Å². The first kappa shape index (κ1) is 18.6. The van der Waals surface area contributed by atoms with Gasteiger partial charge in [0.25, 0.3) is 5.56 Å². The summed E-state index contributed by atoms with van der Waals surface area (Å²) >= 11 is 12.8. The topological polar surface area (TPSA) is 47.4 Å². The summed E-state index contributed by atoms with van der Waals surface area (Å²) in [4.78, 5) is 19.6. The van der Waals surface area contributed by atoms with Crippen molar-refractivity contribution in [1.29, 1.82) is 0 Å². The van der Waals surface area contributed by atoms with E-state index < -0.39 is 0 Å². The fourth-order valence-corrected chi connectivity index (χ4v) is 4.78. The monoisotopic (exact) mass is 407 g/mol. The second-order valence-electron chi connectivity index (χ2n) is 7.28. The number of halogens is 2. The quantitative estimate of drug-likeness (QED) is 0.698. The lowest BCUT2D eigenvalue weighted by Crippen LogP contribution is -2.35. The molecule has 4 rings (SSSR count). The molecule has 1 atom stereocenters. The average molecular weight is 408 g/mol. The Morgan fingerprint density at radius 2 is 2.11 bits per heavy atom. The van der Waals surface area contributed by atoms with Gasteiger partial charge in [-0.1, -0.05) is 36.5 Å². The highest BCUT2D eigenvalue weighted by Crippen LogP contribution is 2.42. The highest BCUT2D eigenvalue weighted by Gasteiger charge is 2.32. The number of methoxy groups -OCH3 is 1. The van der Waals surface area contributed by atoms with Crippen molar-refractivity contribution in [3.8, 4) is 5.75 Å². The van der Waals surface area contributed by atoms with Crippen LogP contribution in [0.25, 0.3) is 0 Å². The third kappa shape index (κ3) is 3.21. The summed E-state index contributed by atoms with van der Waals surface area (Å²) < 4.78 is 7.10. The van der Waals surface area contributed by atoms with E-state index in [1.54, 1.807) is 23.9 Å². The van der Waals surface area contributed by atoms with Gasteiger partial charge in [-0.15, -0.1) is 0 Å². The van der Waals surface area contributed by atoms with Crippen LogP contribution < -0.4 is 15.2 Å². The smallest absolute Gasteiger partial charge is 0.294 e. The normalized spacial score (nSPS) is 17.6. The van der Waals surface area contributed by atoms with E-state index in [9.17, 15) is 4.79 Å². The van der Waals surface area contributed by atoms with Gasteiger partial charge in [0.2, 0.25) is 5.82 Å². The van der Waals surface area contributed by atoms with Crippen LogP contribution in [0.2, 0.25) is 10.2 Å². The van der Waals surface area contributed by atoms with Gasteiger partial charge in [-0.3, -0.25) is 4.79 Å². The van der Waals surface area contributed by atoms with Crippen LogP contribution in [0.4, 0.5) is 11.5 Å². The molecule has 5 nitrogen and oxygen atoms in total. The summed E-state index contributed by atoms with van der Waals surface area (Å²) in [6.45, 7) is 2.77. The van der Waals surface area contributed by atoms with Crippen molar-refractivity contribution < 1.29 is 4.74 Å². The van der Waals surface area contributed by atoms with Gasteiger partial charge in [-0.05, 0) is 43.2 Å². The molecule has 7 heteroatoms. The van der Waals surface area contributed by atoms with Crippen LogP contribution in [0, 0.1) is 5.92 Å². The third-order valence-electron chi connectivity index (χ3n) is 5.84. The first-order valence-electron chi connectivity index (χ1n) is 9.46. The molecular weight excluding hydrogens is 385 g/mol. The number of rotatable bonds is 5. The van der Waals surface area contributed by atoms with Gasteiger partial charge in [0.05, 0.1) is 17.8 Å². The molecule has 27 heavy (non-hydrogen) atoms. The summed E-state index contributed by atoms with van der Waals surface area (Å²) in [5.41, 5.74) is 1.78. The SMILES string of the molecule is CCC(C1CCC1)n1cc(Cl)nc(N2CCc3cc(OC)cc(Cl)c32)c1=O. The second-order valence-corrected chi connectivity index (χ2v) is 8.08. The van der Waals surface area contributed by atoms with E-state index >= 15 is 0 Å². The third-order valence-corrected chi connectivity index (χ3v) is 6.31. The Balaban J connectivity index is 1.80. The molecular formula is C20H23Cl2N3O2. The van der Waals surface area contributed by atoms with E-state index in [-0.39, 0.29) is 11.6 Å². The maximum absolute atomic E-state index is 13.3. The predicted octanol–water partition coefficient (Wildman–Crippen LogP) is 5.00. The van der Waals surface area contributed by atoms with Gasteiger partial charge in [0.1, 0.15) is 10.9 Å². The fourth-order valence-electron chi connectivity index (χ4n) is 4.27. The molecule has 0 N–H and O–H groups in total. The standard InChI is InChI=1S/C20H23Cl2N3O2/c1-3-16(12-5-4-6-12)25-11-17(22)23-19(20(25)26)24-8-7-13-9-14(27-2)10-15(21)18(13)24/h9-12,16H,3-8H2,1-2H3. The Kier molecular flexibility index (Phi) is 5.08. The molecule has 144 valence electrons. The molecule has 1 aromatic heterocycles. The Hall–Kier alpha value is -1.72. The summed E-state index contributed by atoms with van der Waals surface area (Å²) in [6.07, 6.45) is 6.93. The molecule has 1 aliphatic carbocycles. The van der Waals surface area contributed by atoms with E-state index in [1.807, 2.05) is 11.0 Å². The number of ether oxygens (including phenoxy) is 1. The molecule has 0 amide bonds. The van der Waals surface area contributed by atoms with Gasteiger partial charge in [-0.2, -0.15) is 0 Å². The Labute approximate surface area is 168 Å². The van der Waals surface area contributed by atoms with Gasteiger partial charge in [-0.25, -0.2) is 4.98 Å². The molecule has 2 heterocycles. The largest absolute Gasteiger partial charge is 0.497 e. The molecule has 0 bridgehead atoms. The minimum Gasteiger partial charge on any atom is -0.497 e. The highest BCUT2D eigenvalue weighted by atomic mass is 35.5. The highest BCUT2D eigenvalue weighted by molar-refractivity contribution is 6.34. The van der Waals surface area contributed by atoms with Crippen molar-refractivity contribution in [2.75, 3.05) is 18.6 Å². The Morgan fingerprint density at radius 1 is 1.33 bits per heavy atom. The van der Waals surface area contributed by atoms with Crippen molar-refractivity contribution >= 4 is 34.7 Å². The van der Waals surface area contributed by atoms with Crippen LogP contribution in [0.15, 0.2) is 23.1 Å². The van der Waals surface area contributed by atoms with E-state index in [2.05, 4.69) is 11.9 Å². The van der Waals surface area contributed by atoms with Crippen LogP contribution in [-0.4, -0.2) is 23.2 Å². The molecule has 1 aliphatic heterocycles. The summed E-state index contributed by atoms with van der Waals surface area (Å²) in [6, 6.07) is 3.90. The van der Waals surface area contributed by atoms with Crippen LogP contribution in [-0.2, 0) is 6.42 Å². The molecule has 2 aliphatic rings. The second kappa shape index (κ2) is 7.36. The molecule has 1 unspecified atom stereocenters. The van der Waals surface area contributed by atoms with Crippen LogP contribution in [0.3, 0.4) is 0 Å². The molecule has 1 aromatic carbocycles. The maximum Gasteiger partial charge on any atom is 0.294 e. The van der Waals surface area contributed by atoms with Crippen molar-refractivity contribution in [1.82, 2.24) is 9.55 Å². The first-order chi connectivity index (χ1) is 13.0. The van der Waals surface area contributed by atoms with Gasteiger partial charge in [0, 0.05) is 24.8 Å². The number of fused-ring (bicyclic) bond motifs is 1. The summed E-state index contributed by atoms with van der Waals surface area (Å²) in [5, 5.41) is 0.890. The molecule has 0 saturated heterocycles. The number of anilines is 2. The lowest BCUT2D eigenvalue weighted by Gasteiger charge is -2.35. The number of aromatic nitrogens is 2. The van der Waals surface area contributed by atoms with E-state index in [0.29, 0.717) is 34.2 Å². The Morgan fingerprint density at radius 3 is 2.74 bits per heavy atom. The summed E-state index contributed by atoms with van der Waals surface area (Å²) in [5.74, 6) is 1.61. The molecule has 0 radical (unpaired) electrons. The molecule has 2 aromatic rings. The fraction of sp³-hybridized carbons (Fsp3) is 0.500. The molecule has 0 spiro atoms. The van der Waals surface area contributed by atoms with Crippen molar-refractivity contribution in [3.63, 3.8) is 0 Å². The molecule has 1 fully saturated rings. The zero-order valence-electron chi connectivity index (χ0n) is 15.5. The van der Waals surface area contributed by atoms with Crippen molar-refractivity contribution in [2.24, 2.45) is 5.92 Å². The number of hydrogen-bond donors (Lipinski definition) is 0. The predicted molar refractivity (Wildman–Crippen MR) is 109 cm³/mol. The van der Waals surface area contributed by atoms with Gasteiger partial charge >= 0.3 is 0 Å². The van der Waals surface area contributed by atoms with Gasteiger partial charge in [0.15, 0.2) is 0 Å². The number of hydrogen-bond acceptors (Lipinski definition) is 4. The van der Waals surface area contributed by atoms with Crippen LogP contribution in [0.5, 0.6) is 5.75 Å². The van der Waals surface area contributed by atoms with Gasteiger partial charge < -0.3 is 14.2 Å². The number of nitrogens with zero attached hydrogens (tertiary/aromatic N) is 3. The van der Waals surface area contributed by atoms with Crippen LogP contribution in [0.1, 0.15) is 44.2 Å². The lowest BCUT2D eigenvalue weighted by molar-refractivity contribution is 0.200. The summed E-state index contributed by atoms with van der Waals surface area (Å²) in [7, 11) is 1.62. The zero-order chi connectivity index (χ0) is 19.1. The maximum atomic E-state index is 13.3. The minimum atomic E-state index is -0.0992. The lowest BCUT2D eigenvalue weighted by atomic mass is 9.78. The van der Waals surface area contributed by atoms with Crippen LogP contribution >= 0.6 is 23.2 Å². The minimum absolute atomic E-state index is 0.0992. The first-order valence-corrected chi connectivity index (χ1v) is 10.2. The zero-order valence-corrected chi connectivity index (χ0v) is 17.1. The average Bonchev–Trinajstić information content (AvgIpc) is 3.04. The van der Waals surface area contributed by atoms with Crippen molar-refractivity contribution in [3.05, 3.63) is 44.4 Å². The Bertz CT molecular complexity index is 924. The van der Waals surface area contributed by atoms with E-state index in [1.165, 1.54) is 19.3 Å². The van der Waals surface area contributed by atoms with E-state index in [4.69, 9.17) is 27.9 Å².